The van der Waals surface area contributed by atoms with Crippen molar-refractivity contribution in [3.63, 3.8) is 0 Å². The van der Waals surface area contributed by atoms with Gasteiger partial charge in [0.2, 0.25) is 11.8 Å². The molecule has 8 heteroatoms. The maximum absolute atomic E-state index is 12.7. The number of carbonyl (C=O) groups is 2. The summed E-state index contributed by atoms with van der Waals surface area (Å²) in [6, 6.07) is 1.63. The number of carbonyl (C=O) groups excluding carboxylic acids is 2. The number of aryl methyl sites for hydroxylation is 2. The summed E-state index contributed by atoms with van der Waals surface area (Å²) < 4.78 is 3.69. The summed E-state index contributed by atoms with van der Waals surface area (Å²) >= 11 is 0. The largest absolute Gasteiger partial charge is 0.351 e. The number of piperidine rings is 1. The molecule has 1 aliphatic heterocycles. The number of hydrogen-bond acceptors (Lipinski definition) is 4. The minimum Gasteiger partial charge on any atom is -0.351 e. The zero-order valence-corrected chi connectivity index (χ0v) is 16.6. The summed E-state index contributed by atoms with van der Waals surface area (Å²) in [6.07, 6.45) is 3.03. The number of amides is 2. The molecule has 0 saturated carbocycles. The lowest BCUT2D eigenvalue weighted by Gasteiger charge is -2.33. The van der Waals surface area contributed by atoms with E-state index < -0.39 is 0 Å². The molecule has 0 aliphatic carbocycles. The molecule has 0 spiro atoms. The second-order valence-corrected chi connectivity index (χ2v) is 7.50. The first-order chi connectivity index (χ1) is 12.8. The van der Waals surface area contributed by atoms with E-state index in [1.165, 1.54) is 0 Å². The fourth-order valence-electron chi connectivity index (χ4n) is 3.73. The molecule has 27 heavy (non-hydrogen) atoms. The zero-order chi connectivity index (χ0) is 19.7. The predicted molar refractivity (Wildman–Crippen MR) is 101 cm³/mol. The van der Waals surface area contributed by atoms with Gasteiger partial charge in [-0.1, -0.05) is 0 Å². The summed E-state index contributed by atoms with van der Waals surface area (Å²) in [5, 5.41) is 14.9. The van der Waals surface area contributed by atoms with E-state index in [0.717, 1.165) is 22.6 Å². The van der Waals surface area contributed by atoms with Crippen LogP contribution in [0.5, 0.6) is 0 Å². The van der Waals surface area contributed by atoms with E-state index in [1.54, 1.807) is 10.9 Å². The maximum Gasteiger partial charge on any atom is 0.224 e. The summed E-state index contributed by atoms with van der Waals surface area (Å²) in [7, 11) is 1.88. The van der Waals surface area contributed by atoms with Gasteiger partial charge >= 0.3 is 0 Å². The number of nitrogens with one attached hydrogen (secondary N) is 2. The highest BCUT2D eigenvalue weighted by Gasteiger charge is 2.33. The Morgan fingerprint density at radius 1 is 1.41 bits per heavy atom. The molecule has 1 saturated heterocycles. The van der Waals surface area contributed by atoms with E-state index in [-0.39, 0.29) is 36.4 Å². The molecule has 1 fully saturated rings. The highest BCUT2D eigenvalue weighted by atomic mass is 16.2. The van der Waals surface area contributed by atoms with Gasteiger partial charge in [-0.15, -0.1) is 0 Å². The molecule has 0 radical (unpaired) electrons. The van der Waals surface area contributed by atoms with Crippen molar-refractivity contribution in [1.29, 1.82) is 0 Å². The van der Waals surface area contributed by atoms with E-state index in [9.17, 15) is 9.59 Å². The quantitative estimate of drug-likeness (QED) is 0.831. The minimum absolute atomic E-state index is 0.000883. The standard InChI is InChI=1S/C19H28N6O2/c1-11(2)25-16(8-9-20-25)19-15(6-7-17(26)22-19)21-18(27)10-14-12(3)23-24(5)13(14)4/h8-9,11,15,19H,6-7,10H2,1-5H3,(H,21,27)(H,22,26)/t15-,19-/m1/s1. The van der Waals surface area contributed by atoms with Gasteiger partial charge in [0.05, 0.1) is 29.9 Å². The molecular formula is C19H28N6O2. The Labute approximate surface area is 159 Å². The molecule has 1 aliphatic rings. The fourth-order valence-corrected chi connectivity index (χ4v) is 3.73. The average molecular weight is 372 g/mol. The van der Waals surface area contributed by atoms with Crippen molar-refractivity contribution in [3.05, 3.63) is 34.9 Å². The third kappa shape index (κ3) is 3.89. The molecule has 0 aromatic carbocycles. The summed E-state index contributed by atoms with van der Waals surface area (Å²) in [5.41, 5.74) is 3.74. The van der Waals surface area contributed by atoms with Crippen LogP contribution >= 0.6 is 0 Å². The first-order valence-electron chi connectivity index (χ1n) is 9.39. The normalized spacial score (nSPS) is 20.0. The lowest BCUT2D eigenvalue weighted by atomic mass is 9.94. The molecule has 2 amide bonds. The molecule has 8 nitrogen and oxygen atoms in total. The van der Waals surface area contributed by atoms with Crippen molar-refractivity contribution >= 4 is 11.8 Å². The molecule has 3 rings (SSSR count). The highest BCUT2D eigenvalue weighted by molar-refractivity contribution is 5.81. The molecule has 2 aromatic rings. The minimum atomic E-state index is -0.281. The van der Waals surface area contributed by atoms with E-state index in [1.807, 2.05) is 45.5 Å². The third-order valence-electron chi connectivity index (χ3n) is 5.25. The van der Waals surface area contributed by atoms with Crippen LogP contribution in [0, 0.1) is 13.8 Å². The van der Waals surface area contributed by atoms with Gasteiger partial charge in [0.1, 0.15) is 0 Å². The van der Waals surface area contributed by atoms with Gasteiger partial charge in [0.25, 0.3) is 0 Å². The van der Waals surface area contributed by atoms with Gasteiger partial charge in [0, 0.05) is 37.0 Å². The molecule has 0 unspecified atom stereocenters. The Bertz CT molecular complexity index is 851. The van der Waals surface area contributed by atoms with Crippen molar-refractivity contribution < 1.29 is 9.59 Å². The van der Waals surface area contributed by atoms with Crippen LogP contribution in [-0.2, 0) is 23.1 Å². The van der Waals surface area contributed by atoms with Crippen LogP contribution in [0.15, 0.2) is 12.3 Å². The molecule has 3 heterocycles. The summed E-state index contributed by atoms with van der Waals surface area (Å²) in [6.45, 7) is 7.97. The van der Waals surface area contributed by atoms with Gasteiger partial charge in [-0.2, -0.15) is 10.2 Å². The van der Waals surface area contributed by atoms with Crippen LogP contribution in [-0.4, -0.2) is 37.4 Å². The highest BCUT2D eigenvalue weighted by Crippen LogP contribution is 2.26. The smallest absolute Gasteiger partial charge is 0.224 e. The molecule has 2 N–H and O–H groups in total. The van der Waals surface area contributed by atoms with E-state index in [0.29, 0.717) is 12.8 Å². The SMILES string of the molecule is Cc1nn(C)c(C)c1CC(=O)N[C@@H]1CCC(=O)N[C@H]1c1ccnn1C(C)C. The molecule has 2 aromatic heterocycles. The number of aromatic nitrogens is 4. The van der Waals surface area contributed by atoms with Crippen molar-refractivity contribution in [3.8, 4) is 0 Å². The Morgan fingerprint density at radius 2 is 2.15 bits per heavy atom. The van der Waals surface area contributed by atoms with Crippen molar-refractivity contribution in [1.82, 2.24) is 30.2 Å². The second-order valence-electron chi connectivity index (χ2n) is 7.50. The number of rotatable bonds is 5. The second kappa shape index (κ2) is 7.54. The van der Waals surface area contributed by atoms with Crippen LogP contribution in [0.25, 0.3) is 0 Å². The van der Waals surface area contributed by atoms with Crippen LogP contribution in [0.2, 0.25) is 0 Å². The van der Waals surface area contributed by atoms with Crippen molar-refractivity contribution in [2.45, 2.75) is 65.1 Å². The Morgan fingerprint density at radius 3 is 2.78 bits per heavy atom. The predicted octanol–water partition coefficient (Wildman–Crippen LogP) is 1.49. The monoisotopic (exact) mass is 372 g/mol. The van der Waals surface area contributed by atoms with Gasteiger partial charge in [0.15, 0.2) is 0 Å². The first kappa shape index (κ1) is 19.1. The van der Waals surface area contributed by atoms with E-state index >= 15 is 0 Å². The van der Waals surface area contributed by atoms with Crippen LogP contribution < -0.4 is 10.6 Å². The van der Waals surface area contributed by atoms with Crippen molar-refractivity contribution in [2.24, 2.45) is 7.05 Å². The molecule has 0 bridgehead atoms. The number of nitrogens with zero attached hydrogens (tertiary/aromatic N) is 4. The Kier molecular flexibility index (Phi) is 5.34. The Balaban J connectivity index is 1.78. The third-order valence-corrected chi connectivity index (χ3v) is 5.25. The summed E-state index contributed by atoms with van der Waals surface area (Å²) in [5.74, 6) is -0.0584. The van der Waals surface area contributed by atoms with Crippen LogP contribution in [0.4, 0.5) is 0 Å². The first-order valence-corrected chi connectivity index (χ1v) is 9.39. The van der Waals surface area contributed by atoms with Gasteiger partial charge < -0.3 is 10.6 Å². The van der Waals surface area contributed by atoms with Crippen LogP contribution in [0.3, 0.4) is 0 Å². The fraction of sp³-hybridized carbons (Fsp3) is 0.579. The number of hydrogen-bond donors (Lipinski definition) is 2. The van der Waals surface area contributed by atoms with Gasteiger partial charge in [-0.3, -0.25) is 19.0 Å². The Hall–Kier alpha value is -2.64. The van der Waals surface area contributed by atoms with E-state index in [2.05, 4.69) is 20.8 Å². The van der Waals surface area contributed by atoms with Gasteiger partial charge in [-0.05, 0) is 40.2 Å². The van der Waals surface area contributed by atoms with Gasteiger partial charge in [-0.25, -0.2) is 0 Å². The summed E-state index contributed by atoms with van der Waals surface area (Å²) in [4.78, 5) is 24.7. The zero-order valence-electron chi connectivity index (χ0n) is 16.6. The lowest BCUT2D eigenvalue weighted by molar-refractivity contribution is -0.127. The molecule has 146 valence electrons. The average Bonchev–Trinajstić information content (AvgIpc) is 3.18. The van der Waals surface area contributed by atoms with Crippen molar-refractivity contribution in [2.75, 3.05) is 0 Å². The lowest BCUT2D eigenvalue weighted by Crippen LogP contribution is -2.51. The molecular weight excluding hydrogens is 344 g/mol. The maximum atomic E-state index is 12.7. The topological polar surface area (TPSA) is 93.8 Å². The molecule has 2 atom stereocenters. The van der Waals surface area contributed by atoms with Crippen LogP contribution in [0.1, 0.15) is 61.4 Å². The van der Waals surface area contributed by atoms with E-state index in [4.69, 9.17) is 0 Å².